The second-order valence-electron chi connectivity index (χ2n) is 5.40. The molecule has 0 aliphatic carbocycles. The van der Waals surface area contributed by atoms with Crippen LogP contribution in [-0.2, 0) is 0 Å². The number of piperazine rings is 1. The van der Waals surface area contributed by atoms with Crippen molar-refractivity contribution in [1.82, 2.24) is 10.2 Å². The van der Waals surface area contributed by atoms with Gasteiger partial charge in [0, 0.05) is 24.7 Å². The van der Waals surface area contributed by atoms with E-state index in [0.29, 0.717) is 12.5 Å². The Labute approximate surface area is 91.0 Å². The molecule has 1 aliphatic heterocycles. The maximum Gasteiger partial charge on any atom is 0.251 e. The maximum atomic E-state index is 12.4. The molecule has 2 nitrogen and oxygen atoms in total. The summed E-state index contributed by atoms with van der Waals surface area (Å²) in [5.41, 5.74) is -0.0553. The maximum absolute atomic E-state index is 12.4. The summed E-state index contributed by atoms with van der Waals surface area (Å²) in [6.45, 7) is 9.68. The second kappa shape index (κ2) is 4.74. The first kappa shape index (κ1) is 12.8. The molecule has 1 rings (SSSR count). The average Bonchev–Trinajstić information content (AvgIpc) is 1.99. The van der Waals surface area contributed by atoms with Gasteiger partial charge >= 0.3 is 0 Å². The molecule has 0 radical (unpaired) electrons. The Bertz CT molecular complexity index is 205. The van der Waals surface area contributed by atoms with E-state index in [0.717, 1.165) is 6.54 Å². The molecule has 1 heterocycles. The molecule has 1 unspecified atom stereocenters. The smallest absolute Gasteiger partial charge is 0.251 e. The van der Waals surface area contributed by atoms with Crippen LogP contribution < -0.4 is 5.32 Å². The summed E-state index contributed by atoms with van der Waals surface area (Å²) in [6.07, 6.45) is -2.24. The molecule has 0 amide bonds. The summed E-state index contributed by atoms with van der Waals surface area (Å²) in [6, 6.07) is 0.229. The minimum Gasteiger partial charge on any atom is -0.309 e. The molecule has 4 heteroatoms. The van der Waals surface area contributed by atoms with Crippen LogP contribution in [0.3, 0.4) is 0 Å². The van der Waals surface area contributed by atoms with Crippen LogP contribution in [0, 0.1) is 5.92 Å². The number of nitrogens with one attached hydrogen (secondary N) is 1. The first-order valence-corrected chi connectivity index (χ1v) is 5.59. The minimum absolute atomic E-state index is 0.0553. The first-order valence-electron chi connectivity index (χ1n) is 5.59. The zero-order valence-electron chi connectivity index (χ0n) is 10.1. The quantitative estimate of drug-likeness (QED) is 0.782. The van der Waals surface area contributed by atoms with Crippen LogP contribution in [0.1, 0.15) is 27.7 Å². The fourth-order valence-electron chi connectivity index (χ4n) is 2.23. The molecule has 1 N–H and O–H groups in total. The zero-order valence-corrected chi connectivity index (χ0v) is 10.1. The van der Waals surface area contributed by atoms with Crippen molar-refractivity contribution in [3.05, 3.63) is 0 Å². The molecule has 90 valence electrons. The van der Waals surface area contributed by atoms with Crippen molar-refractivity contribution < 1.29 is 8.78 Å². The van der Waals surface area contributed by atoms with E-state index in [1.807, 2.05) is 4.90 Å². The van der Waals surface area contributed by atoms with Crippen LogP contribution >= 0.6 is 0 Å². The van der Waals surface area contributed by atoms with Crippen molar-refractivity contribution >= 4 is 0 Å². The Morgan fingerprint density at radius 3 is 2.47 bits per heavy atom. The summed E-state index contributed by atoms with van der Waals surface area (Å²) in [7, 11) is 0. The van der Waals surface area contributed by atoms with Crippen molar-refractivity contribution in [1.29, 1.82) is 0 Å². The lowest BCUT2D eigenvalue weighted by Gasteiger charge is -2.46. The number of nitrogens with zero attached hydrogens (tertiary/aromatic N) is 1. The molecule has 15 heavy (non-hydrogen) atoms. The van der Waals surface area contributed by atoms with Crippen LogP contribution in [-0.4, -0.2) is 42.5 Å². The van der Waals surface area contributed by atoms with E-state index in [2.05, 4.69) is 33.0 Å². The lowest BCUT2D eigenvalue weighted by atomic mass is 9.93. The van der Waals surface area contributed by atoms with Crippen LogP contribution in [0.25, 0.3) is 0 Å². The van der Waals surface area contributed by atoms with Crippen LogP contribution in [0.4, 0.5) is 8.78 Å². The van der Waals surface area contributed by atoms with E-state index < -0.39 is 6.43 Å². The molecule has 0 bridgehead atoms. The SMILES string of the molecule is CC(C)C1CNC(C)(C)CN1CC(F)F. The van der Waals surface area contributed by atoms with Gasteiger partial charge in [0.25, 0.3) is 6.43 Å². The highest BCUT2D eigenvalue weighted by molar-refractivity contribution is 4.93. The molecular weight excluding hydrogens is 198 g/mol. The highest BCUT2D eigenvalue weighted by Gasteiger charge is 2.34. The van der Waals surface area contributed by atoms with Gasteiger partial charge in [-0.3, -0.25) is 4.90 Å². The Morgan fingerprint density at radius 2 is 2.00 bits per heavy atom. The Kier molecular flexibility index (Phi) is 4.06. The van der Waals surface area contributed by atoms with Gasteiger partial charge in [0.05, 0.1) is 6.54 Å². The fraction of sp³-hybridized carbons (Fsp3) is 1.00. The molecule has 0 aromatic carbocycles. The summed E-state index contributed by atoms with van der Waals surface area (Å²) in [5.74, 6) is 0.410. The van der Waals surface area contributed by atoms with Crippen LogP contribution in [0.15, 0.2) is 0 Å². The first-order chi connectivity index (χ1) is 6.82. The summed E-state index contributed by atoms with van der Waals surface area (Å²) < 4.78 is 24.9. The molecule has 1 fully saturated rings. The molecule has 1 saturated heterocycles. The Balaban J connectivity index is 2.65. The van der Waals surface area contributed by atoms with E-state index in [1.54, 1.807) is 0 Å². The van der Waals surface area contributed by atoms with Crippen LogP contribution in [0.5, 0.6) is 0 Å². The molecule has 0 saturated carbocycles. The minimum atomic E-state index is -2.24. The van der Waals surface area contributed by atoms with Crippen molar-refractivity contribution in [2.45, 2.75) is 45.7 Å². The normalized spacial score (nSPS) is 27.6. The predicted molar refractivity (Wildman–Crippen MR) is 58.3 cm³/mol. The second-order valence-corrected chi connectivity index (χ2v) is 5.40. The topological polar surface area (TPSA) is 15.3 Å². The molecule has 1 atom stereocenters. The van der Waals surface area contributed by atoms with Gasteiger partial charge in [0.1, 0.15) is 0 Å². The zero-order chi connectivity index (χ0) is 11.6. The third-order valence-corrected chi connectivity index (χ3v) is 3.00. The third kappa shape index (κ3) is 3.68. The van der Waals surface area contributed by atoms with E-state index in [-0.39, 0.29) is 18.1 Å². The van der Waals surface area contributed by atoms with Gasteiger partial charge in [-0.15, -0.1) is 0 Å². The van der Waals surface area contributed by atoms with Crippen molar-refractivity contribution in [2.24, 2.45) is 5.92 Å². The monoisotopic (exact) mass is 220 g/mol. The standard InChI is InChI=1S/C11H22F2N2/c1-8(2)9-5-14-11(3,4)7-15(9)6-10(12)13/h8-10,14H,5-7H2,1-4H3. The molecule has 0 aromatic heterocycles. The van der Waals surface area contributed by atoms with Gasteiger partial charge in [-0.1, -0.05) is 13.8 Å². The highest BCUT2D eigenvalue weighted by Crippen LogP contribution is 2.20. The Hall–Kier alpha value is -0.220. The predicted octanol–water partition coefficient (Wildman–Crippen LogP) is 1.96. The van der Waals surface area contributed by atoms with E-state index >= 15 is 0 Å². The van der Waals surface area contributed by atoms with Crippen molar-refractivity contribution in [3.63, 3.8) is 0 Å². The largest absolute Gasteiger partial charge is 0.309 e. The highest BCUT2D eigenvalue weighted by atomic mass is 19.3. The molecule has 0 aromatic rings. The third-order valence-electron chi connectivity index (χ3n) is 3.00. The molecule has 1 aliphatic rings. The number of rotatable bonds is 3. The van der Waals surface area contributed by atoms with Gasteiger partial charge in [0.2, 0.25) is 0 Å². The van der Waals surface area contributed by atoms with Gasteiger partial charge in [-0.2, -0.15) is 0 Å². The van der Waals surface area contributed by atoms with Crippen molar-refractivity contribution in [3.8, 4) is 0 Å². The average molecular weight is 220 g/mol. The number of alkyl halides is 2. The molecule has 0 spiro atoms. The number of hydrogen-bond donors (Lipinski definition) is 1. The van der Waals surface area contributed by atoms with E-state index in [1.165, 1.54) is 0 Å². The van der Waals surface area contributed by atoms with E-state index in [9.17, 15) is 8.78 Å². The summed E-state index contributed by atoms with van der Waals surface area (Å²) >= 11 is 0. The van der Waals surface area contributed by atoms with Crippen LogP contribution in [0.2, 0.25) is 0 Å². The van der Waals surface area contributed by atoms with Crippen molar-refractivity contribution in [2.75, 3.05) is 19.6 Å². The van der Waals surface area contributed by atoms with E-state index in [4.69, 9.17) is 0 Å². The van der Waals surface area contributed by atoms with Gasteiger partial charge in [0.15, 0.2) is 0 Å². The number of halogens is 2. The summed E-state index contributed by atoms with van der Waals surface area (Å²) in [5, 5.41) is 3.41. The number of hydrogen-bond acceptors (Lipinski definition) is 2. The van der Waals surface area contributed by atoms with Gasteiger partial charge in [-0.25, -0.2) is 8.78 Å². The fourth-order valence-corrected chi connectivity index (χ4v) is 2.23. The lowest BCUT2D eigenvalue weighted by molar-refractivity contribution is 0.0134. The summed E-state index contributed by atoms with van der Waals surface area (Å²) in [4.78, 5) is 1.92. The molecular formula is C11H22F2N2. The van der Waals surface area contributed by atoms with Gasteiger partial charge < -0.3 is 5.32 Å². The van der Waals surface area contributed by atoms with Gasteiger partial charge in [-0.05, 0) is 19.8 Å². The Morgan fingerprint density at radius 1 is 1.40 bits per heavy atom. The lowest BCUT2D eigenvalue weighted by Crippen LogP contribution is -2.63.